The minimum Gasteiger partial charge on any atom is -0.358 e. The van der Waals surface area contributed by atoms with Crippen LogP contribution in [0.3, 0.4) is 0 Å². The average molecular weight is 269 g/mol. The number of hydrogen-bond acceptors (Lipinski definition) is 4. The molecule has 100 valence electrons. The third kappa shape index (κ3) is 3.34. The molecule has 2 rings (SSSR count). The Morgan fingerprint density at radius 3 is 2.78 bits per heavy atom. The van der Waals surface area contributed by atoms with Crippen molar-refractivity contribution in [2.75, 3.05) is 38.1 Å². The van der Waals surface area contributed by atoms with Crippen LogP contribution < -0.4 is 10.6 Å². The number of rotatable bonds is 5. The number of likely N-dealkylation sites (N-methyl/N-ethyl adjacent to an activating group) is 1. The monoisotopic (exact) mass is 268 g/mol. The lowest BCUT2D eigenvalue weighted by Gasteiger charge is -2.22. The van der Waals surface area contributed by atoms with E-state index >= 15 is 0 Å². The van der Waals surface area contributed by atoms with Crippen LogP contribution in [0.5, 0.6) is 0 Å². The van der Waals surface area contributed by atoms with Crippen molar-refractivity contribution in [3.8, 4) is 0 Å². The number of pyridine rings is 1. The summed E-state index contributed by atoms with van der Waals surface area (Å²) in [6, 6.07) is 3.82. The highest BCUT2D eigenvalue weighted by atomic mass is 35.5. The van der Waals surface area contributed by atoms with Crippen molar-refractivity contribution in [2.24, 2.45) is 5.73 Å². The van der Waals surface area contributed by atoms with Crippen LogP contribution in [0.4, 0.5) is 5.82 Å². The van der Waals surface area contributed by atoms with Gasteiger partial charge in [-0.25, -0.2) is 4.98 Å². The second kappa shape index (κ2) is 6.36. The molecular weight excluding hydrogens is 248 g/mol. The maximum Gasteiger partial charge on any atom is 0.128 e. The third-order valence-corrected chi connectivity index (χ3v) is 3.78. The summed E-state index contributed by atoms with van der Waals surface area (Å²) in [6.45, 7) is 4.93. The Morgan fingerprint density at radius 1 is 1.39 bits per heavy atom. The fourth-order valence-electron chi connectivity index (χ4n) is 2.24. The van der Waals surface area contributed by atoms with Crippen LogP contribution in [-0.2, 0) is 6.54 Å². The molecule has 0 aliphatic carbocycles. The molecule has 1 aliphatic heterocycles. The second-order valence-electron chi connectivity index (χ2n) is 4.77. The molecule has 1 fully saturated rings. The number of anilines is 1. The highest BCUT2D eigenvalue weighted by Gasteiger charge is 2.12. The maximum absolute atomic E-state index is 6.01. The fraction of sp³-hybridized carbons (Fsp3) is 0.615. The van der Waals surface area contributed by atoms with Gasteiger partial charge >= 0.3 is 0 Å². The molecule has 18 heavy (non-hydrogen) atoms. The van der Waals surface area contributed by atoms with Crippen molar-refractivity contribution in [3.63, 3.8) is 0 Å². The van der Waals surface area contributed by atoms with Gasteiger partial charge in [0.2, 0.25) is 0 Å². The Bertz CT molecular complexity index is 391. The summed E-state index contributed by atoms with van der Waals surface area (Å²) in [5, 5.41) is 0.647. The van der Waals surface area contributed by atoms with Crippen molar-refractivity contribution in [1.29, 1.82) is 0 Å². The SMILES string of the molecule is CN(CCN1CCCC1)c1ccc(Cl)c(CN)n1. The van der Waals surface area contributed by atoms with Gasteiger partial charge in [-0.3, -0.25) is 0 Å². The topological polar surface area (TPSA) is 45.4 Å². The standard InChI is InChI=1S/C13H21ClN4/c1-17(8-9-18-6-2-3-7-18)13-5-4-11(14)12(10-15)16-13/h4-5H,2-3,6-10,15H2,1H3. The van der Waals surface area contributed by atoms with Gasteiger partial charge in [-0.15, -0.1) is 0 Å². The summed E-state index contributed by atoms with van der Waals surface area (Å²) in [5.74, 6) is 0.944. The summed E-state index contributed by atoms with van der Waals surface area (Å²) in [5.41, 5.74) is 6.39. The minimum absolute atomic E-state index is 0.382. The first-order valence-electron chi connectivity index (χ1n) is 6.49. The molecule has 0 saturated carbocycles. The van der Waals surface area contributed by atoms with Crippen LogP contribution in [0.2, 0.25) is 5.02 Å². The summed E-state index contributed by atoms with van der Waals surface area (Å²) >= 11 is 6.01. The van der Waals surface area contributed by atoms with E-state index in [1.54, 1.807) is 0 Å². The lowest BCUT2D eigenvalue weighted by molar-refractivity contribution is 0.346. The number of hydrogen-bond donors (Lipinski definition) is 1. The van der Waals surface area contributed by atoms with E-state index in [0.29, 0.717) is 11.6 Å². The first-order chi connectivity index (χ1) is 8.70. The Hall–Kier alpha value is -0.840. The van der Waals surface area contributed by atoms with Crippen LogP contribution in [0, 0.1) is 0 Å². The molecular formula is C13H21ClN4. The van der Waals surface area contributed by atoms with Gasteiger partial charge in [-0.05, 0) is 38.1 Å². The summed E-state index contributed by atoms with van der Waals surface area (Å²) in [6.07, 6.45) is 2.67. The van der Waals surface area contributed by atoms with Crippen molar-refractivity contribution in [1.82, 2.24) is 9.88 Å². The Kier molecular flexibility index (Phi) is 4.80. The van der Waals surface area contributed by atoms with Gasteiger partial charge in [0.1, 0.15) is 5.82 Å². The van der Waals surface area contributed by atoms with Crippen molar-refractivity contribution < 1.29 is 0 Å². The number of aromatic nitrogens is 1. The molecule has 0 atom stereocenters. The van der Waals surface area contributed by atoms with E-state index in [-0.39, 0.29) is 0 Å². The number of likely N-dealkylation sites (tertiary alicyclic amines) is 1. The van der Waals surface area contributed by atoms with E-state index in [0.717, 1.165) is 24.6 Å². The lowest BCUT2D eigenvalue weighted by Crippen LogP contribution is -2.31. The van der Waals surface area contributed by atoms with E-state index < -0.39 is 0 Å². The smallest absolute Gasteiger partial charge is 0.128 e. The normalized spacial score (nSPS) is 16.2. The molecule has 1 aromatic heterocycles. The van der Waals surface area contributed by atoms with Crippen LogP contribution in [0.1, 0.15) is 18.5 Å². The van der Waals surface area contributed by atoms with Gasteiger partial charge < -0.3 is 15.5 Å². The molecule has 2 heterocycles. The molecule has 0 bridgehead atoms. The fourth-order valence-corrected chi connectivity index (χ4v) is 2.42. The summed E-state index contributed by atoms with van der Waals surface area (Å²) in [7, 11) is 2.06. The van der Waals surface area contributed by atoms with Gasteiger partial charge in [0.05, 0.1) is 10.7 Å². The van der Waals surface area contributed by atoms with Crippen molar-refractivity contribution in [2.45, 2.75) is 19.4 Å². The minimum atomic E-state index is 0.382. The van der Waals surface area contributed by atoms with E-state index in [2.05, 4.69) is 21.8 Å². The third-order valence-electron chi connectivity index (χ3n) is 3.44. The number of halogens is 1. The Morgan fingerprint density at radius 2 is 2.11 bits per heavy atom. The van der Waals surface area contributed by atoms with E-state index in [4.69, 9.17) is 17.3 Å². The number of nitrogens with two attached hydrogens (primary N) is 1. The molecule has 1 aromatic rings. The zero-order valence-electron chi connectivity index (χ0n) is 10.9. The van der Waals surface area contributed by atoms with Crippen LogP contribution in [0.15, 0.2) is 12.1 Å². The predicted molar refractivity (Wildman–Crippen MR) is 76.1 cm³/mol. The van der Waals surface area contributed by atoms with E-state index in [9.17, 15) is 0 Å². The molecule has 1 saturated heterocycles. The zero-order chi connectivity index (χ0) is 13.0. The largest absolute Gasteiger partial charge is 0.358 e. The highest BCUT2D eigenvalue weighted by Crippen LogP contribution is 2.18. The molecule has 0 amide bonds. The molecule has 1 aliphatic rings. The molecule has 2 N–H and O–H groups in total. The highest BCUT2D eigenvalue weighted by molar-refractivity contribution is 6.31. The summed E-state index contributed by atoms with van der Waals surface area (Å²) in [4.78, 5) is 9.14. The molecule has 0 aromatic carbocycles. The summed E-state index contributed by atoms with van der Waals surface area (Å²) < 4.78 is 0. The average Bonchev–Trinajstić information content (AvgIpc) is 2.89. The second-order valence-corrected chi connectivity index (χ2v) is 5.18. The lowest BCUT2D eigenvalue weighted by atomic mass is 10.3. The van der Waals surface area contributed by atoms with Gasteiger partial charge in [0, 0.05) is 26.7 Å². The number of nitrogens with zero attached hydrogens (tertiary/aromatic N) is 3. The first kappa shape index (κ1) is 13.6. The maximum atomic E-state index is 6.01. The Labute approximate surface area is 114 Å². The van der Waals surface area contributed by atoms with Gasteiger partial charge in [-0.2, -0.15) is 0 Å². The zero-order valence-corrected chi connectivity index (χ0v) is 11.7. The molecule has 4 nitrogen and oxygen atoms in total. The van der Waals surface area contributed by atoms with Gasteiger partial charge in [0.25, 0.3) is 0 Å². The van der Waals surface area contributed by atoms with Crippen LogP contribution in [-0.4, -0.2) is 43.1 Å². The molecule has 0 unspecified atom stereocenters. The molecule has 0 spiro atoms. The van der Waals surface area contributed by atoms with Crippen molar-refractivity contribution in [3.05, 3.63) is 22.8 Å². The Balaban J connectivity index is 1.93. The van der Waals surface area contributed by atoms with Crippen LogP contribution >= 0.6 is 11.6 Å². The van der Waals surface area contributed by atoms with Gasteiger partial charge in [-0.1, -0.05) is 11.6 Å². The molecule has 0 radical (unpaired) electrons. The first-order valence-corrected chi connectivity index (χ1v) is 6.87. The predicted octanol–water partition coefficient (Wildman–Crippen LogP) is 1.73. The quantitative estimate of drug-likeness (QED) is 0.883. The van der Waals surface area contributed by atoms with E-state index in [1.165, 1.54) is 25.9 Å². The van der Waals surface area contributed by atoms with Crippen molar-refractivity contribution >= 4 is 17.4 Å². The van der Waals surface area contributed by atoms with E-state index in [1.807, 2.05) is 12.1 Å². The van der Waals surface area contributed by atoms with Crippen LogP contribution in [0.25, 0.3) is 0 Å². The molecule has 5 heteroatoms. The van der Waals surface area contributed by atoms with Gasteiger partial charge in [0.15, 0.2) is 0 Å².